The summed E-state index contributed by atoms with van der Waals surface area (Å²) in [5.74, 6) is -0.343. The van der Waals surface area contributed by atoms with Crippen LogP contribution in [-0.2, 0) is 11.3 Å². The van der Waals surface area contributed by atoms with Gasteiger partial charge in [-0.3, -0.25) is 9.59 Å². The fraction of sp³-hybridized carbons (Fsp3) is 0.0667. The van der Waals surface area contributed by atoms with Gasteiger partial charge in [-0.2, -0.15) is 0 Å². The number of aromatic nitrogens is 3. The number of hydrogen-bond acceptors (Lipinski definition) is 4. The molecule has 1 heterocycles. The number of fused-ring (bicyclic) bond motifs is 1. The van der Waals surface area contributed by atoms with Crippen LogP contribution in [0.4, 0.5) is 5.69 Å². The molecular formula is C15H11BrN4O2. The Morgan fingerprint density at radius 2 is 2.00 bits per heavy atom. The molecule has 0 aliphatic carbocycles. The Morgan fingerprint density at radius 1 is 1.18 bits per heavy atom. The largest absolute Gasteiger partial charge is 0.324 e. The second kappa shape index (κ2) is 6.07. The van der Waals surface area contributed by atoms with E-state index < -0.39 is 0 Å². The van der Waals surface area contributed by atoms with Gasteiger partial charge in [-0.05, 0) is 30.3 Å². The predicted octanol–water partition coefficient (Wildman–Crippen LogP) is 2.19. The summed E-state index contributed by atoms with van der Waals surface area (Å²) in [7, 11) is 0. The number of carbonyl (C=O) groups is 1. The highest BCUT2D eigenvalue weighted by Gasteiger charge is 2.09. The number of hydrogen-bond donors (Lipinski definition) is 1. The van der Waals surface area contributed by atoms with Gasteiger partial charge >= 0.3 is 0 Å². The van der Waals surface area contributed by atoms with Crippen molar-refractivity contribution in [2.24, 2.45) is 0 Å². The van der Waals surface area contributed by atoms with Crippen molar-refractivity contribution in [3.05, 3.63) is 63.4 Å². The maximum Gasteiger partial charge on any atom is 0.278 e. The SMILES string of the molecule is O=C(Cn1nnc2ccccc2c1=O)Nc1cccc(Br)c1. The molecule has 0 saturated carbocycles. The highest BCUT2D eigenvalue weighted by Crippen LogP contribution is 2.15. The number of anilines is 1. The molecule has 0 spiro atoms. The molecule has 1 N–H and O–H groups in total. The third-order valence-corrected chi connectivity index (χ3v) is 3.52. The van der Waals surface area contributed by atoms with Crippen molar-refractivity contribution in [2.75, 3.05) is 5.32 Å². The molecule has 0 aliphatic heterocycles. The van der Waals surface area contributed by atoms with E-state index in [1.165, 1.54) is 0 Å². The Morgan fingerprint density at radius 3 is 2.82 bits per heavy atom. The lowest BCUT2D eigenvalue weighted by atomic mass is 10.2. The fourth-order valence-corrected chi connectivity index (χ4v) is 2.43. The summed E-state index contributed by atoms with van der Waals surface area (Å²) < 4.78 is 1.91. The molecule has 0 radical (unpaired) electrons. The Labute approximate surface area is 133 Å². The van der Waals surface area contributed by atoms with Gasteiger partial charge in [-0.15, -0.1) is 5.10 Å². The van der Waals surface area contributed by atoms with E-state index in [1.807, 2.05) is 12.1 Å². The summed E-state index contributed by atoms with van der Waals surface area (Å²) in [4.78, 5) is 24.3. The number of nitrogens with zero attached hydrogens (tertiary/aromatic N) is 3. The molecule has 0 atom stereocenters. The zero-order chi connectivity index (χ0) is 15.5. The van der Waals surface area contributed by atoms with E-state index in [0.717, 1.165) is 9.15 Å². The van der Waals surface area contributed by atoms with Crippen LogP contribution in [-0.4, -0.2) is 20.9 Å². The molecule has 3 aromatic rings. The van der Waals surface area contributed by atoms with E-state index in [2.05, 4.69) is 31.6 Å². The number of nitrogens with one attached hydrogen (secondary N) is 1. The van der Waals surface area contributed by atoms with Gasteiger partial charge in [0.25, 0.3) is 5.56 Å². The Balaban J connectivity index is 1.82. The van der Waals surface area contributed by atoms with Crippen molar-refractivity contribution >= 4 is 38.4 Å². The van der Waals surface area contributed by atoms with E-state index in [4.69, 9.17) is 0 Å². The van der Waals surface area contributed by atoms with Gasteiger partial charge in [-0.25, -0.2) is 4.68 Å². The summed E-state index contributed by atoms with van der Waals surface area (Å²) >= 11 is 3.33. The number of rotatable bonds is 3. The second-order valence-corrected chi connectivity index (χ2v) is 5.54. The van der Waals surface area contributed by atoms with Gasteiger partial charge in [0.2, 0.25) is 5.91 Å². The number of carbonyl (C=O) groups excluding carboxylic acids is 1. The monoisotopic (exact) mass is 358 g/mol. The molecule has 2 aromatic carbocycles. The van der Waals surface area contributed by atoms with Crippen molar-refractivity contribution in [1.29, 1.82) is 0 Å². The molecule has 1 aromatic heterocycles. The van der Waals surface area contributed by atoms with Gasteiger partial charge in [0.1, 0.15) is 12.1 Å². The van der Waals surface area contributed by atoms with Crippen molar-refractivity contribution < 1.29 is 4.79 Å². The van der Waals surface area contributed by atoms with Crippen molar-refractivity contribution in [3.63, 3.8) is 0 Å². The highest BCUT2D eigenvalue weighted by molar-refractivity contribution is 9.10. The first-order valence-electron chi connectivity index (χ1n) is 6.51. The van der Waals surface area contributed by atoms with Gasteiger partial charge in [0.15, 0.2) is 0 Å². The van der Waals surface area contributed by atoms with Gasteiger partial charge in [-0.1, -0.05) is 39.3 Å². The molecule has 0 saturated heterocycles. The smallest absolute Gasteiger partial charge is 0.278 e. The summed E-state index contributed by atoms with van der Waals surface area (Å²) in [6, 6.07) is 14.1. The summed E-state index contributed by atoms with van der Waals surface area (Å²) in [6.45, 7) is -0.191. The average molecular weight is 359 g/mol. The molecule has 110 valence electrons. The van der Waals surface area contributed by atoms with Crippen LogP contribution >= 0.6 is 15.9 Å². The first kappa shape index (κ1) is 14.4. The summed E-state index contributed by atoms with van der Waals surface area (Å²) in [5, 5.41) is 10.9. The first-order valence-corrected chi connectivity index (χ1v) is 7.31. The van der Waals surface area contributed by atoms with Crippen LogP contribution in [0, 0.1) is 0 Å². The third kappa shape index (κ3) is 3.04. The molecule has 0 aliphatic rings. The van der Waals surface area contributed by atoms with E-state index >= 15 is 0 Å². The van der Waals surface area contributed by atoms with E-state index in [1.54, 1.807) is 36.4 Å². The van der Waals surface area contributed by atoms with E-state index in [-0.39, 0.29) is 18.0 Å². The van der Waals surface area contributed by atoms with Crippen LogP contribution in [0.2, 0.25) is 0 Å². The molecule has 7 heteroatoms. The van der Waals surface area contributed by atoms with Gasteiger partial charge in [0, 0.05) is 10.2 Å². The van der Waals surface area contributed by atoms with Crippen LogP contribution in [0.5, 0.6) is 0 Å². The number of halogens is 1. The fourth-order valence-electron chi connectivity index (χ4n) is 2.03. The highest BCUT2D eigenvalue weighted by atomic mass is 79.9. The van der Waals surface area contributed by atoms with Gasteiger partial charge in [0.05, 0.1) is 5.39 Å². The Kier molecular flexibility index (Phi) is 3.97. The van der Waals surface area contributed by atoms with E-state index in [9.17, 15) is 9.59 Å². The zero-order valence-electron chi connectivity index (χ0n) is 11.4. The molecule has 0 bridgehead atoms. The quantitative estimate of drug-likeness (QED) is 0.778. The summed E-state index contributed by atoms with van der Waals surface area (Å²) in [5.41, 5.74) is 0.812. The Bertz CT molecular complexity index is 907. The lowest BCUT2D eigenvalue weighted by molar-refractivity contribution is -0.117. The lowest BCUT2D eigenvalue weighted by Gasteiger charge is -2.07. The minimum Gasteiger partial charge on any atom is -0.324 e. The molecular weight excluding hydrogens is 348 g/mol. The van der Waals surface area contributed by atoms with Crippen LogP contribution in [0.15, 0.2) is 57.8 Å². The van der Waals surface area contributed by atoms with Crippen molar-refractivity contribution in [1.82, 2.24) is 15.0 Å². The zero-order valence-corrected chi connectivity index (χ0v) is 12.9. The van der Waals surface area contributed by atoms with Crippen molar-refractivity contribution in [3.8, 4) is 0 Å². The summed E-state index contributed by atoms with van der Waals surface area (Å²) in [6.07, 6.45) is 0. The minimum atomic E-state index is -0.343. The van der Waals surface area contributed by atoms with Crippen LogP contribution < -0.4 is 10.9 Å². The molecule has 3 rings (SSSR count). The lowest BCUT2D eigenvalue weighted by Crippen LogP contribution is -2.30. The average Bonchev–Trinajstić information content (AvgIpc) is 2.50. The molecule has 6 nitrogen and oxygen atoms in total. The normalized spacial score (nSPS) is 10.6. The van der Waals surface area contributed by atoms with Crippen LogP contribution in [0.3, 0.4) is 0 Å². The van der Waals surface area contributed by atoms with Crippen LogP contribution in [0.25, 0.3) is 10.9 Å². The maximum absolute atomic E-state index is 12.2. The number of benzene rings is 2. The molecule has 0 fully saturated rings. The Hall–Kier alpha value is -2.54. The predicted molar refractivity (Wildman–Crippen MR) is 86.6 cm³/mol. The van der Waals surface area contributed by atoms with Crippen LogP contribution in [0.1, 0.15) is 0 Å². The molecule has 1 amide bonds. The second-order valence-electron chi connectivity index (χ2n) is 4.63. The molecule has 0 unspecified atom stereocenters. The third-order valence-electron chi connectivity index (χ3n) is 3.03. The minimum absolute atomic E-state index is 0.191. The van der Waals surface area contributed by atoms with Gasteiger partial charge < -0.3 is 5.32 Å². The van der Waals surface area contributed by atoms with Crippen molar-refractivity contribution in [2.45, 2.75) is 6.54 Å². The first-order chi connectivity index (χ1) is 10.6. The standard InChI is InChI=1S/C15H11BrN4O2/c16-10-4-3-5-11(8-10)17-14(21)9-20-15(22)12-6-1-2-7-13(12)18-19-20/h1-8H,9H2,(H,17,21). The number of amides is 1. The topological polar surface area (TPSA) is 76.9 Å². The maximum atomic E-state index is 12.2. The molecule has 22 heavy (non-hydrogen) atoms. The van der Waals surface area contributed by atoms with E-state index in [0.29, 0.717) is 16.6 Å².